The van der Waals surface area contributed by atoms with E-state index in [-0.39, 0.29) is 0 Å². The lowest BCUT2D eigenvalue weighted by Crippen LogP contribution is -2.33. The molecule has 112 valence electrons. The normalized spacial score (nSPS) is 21.8. The number of hydrogen-bond acceptors (Lipinski definition) is 5. The van der Waals surface area contributed by atoms with Gasteiger partial charge < -0.3 is 9.73 Å². The van der Waals surface area contributed by atoms with Crippen LogP contribution in [-0.4, -0.2) is 27.2 Å². The molecule has 1 fully saturated rings. The summed E-state index contributed by atoms with van der Waals surface area (Å²) >= 11 is 2.06. The molecule has 1 N–H and O–H groups in total. The van der Waals surface area contributed by atoms with Crippen LogP contribution in [0.15, 0.2) is 34.7 Å². The van der Waals surface area contributed by atoms with Crippen molar-refractivity contribution in [3.63, 3.8) is 0 Å². The van der Waals surface area contributed by atoms with Gasteiger partial charge >= 0.3 is 0 Å². The van der Waals surface area contributed by atoms with Gasteiger partial charge in [-0.2, -0.15) is 11.8 Å². The number of aromatic nitrogens is 2. The van der Waals surface area contributed by atoms with E-state index in [1.54, 1.807) is 0 Å². The molecule has 0 saturated heterocycles. The number of hydrogen-bond donors (Lipinski definition) is 1. The summed E-state index contributed by atoms with van der Waals surface area (Å²) in [6.07, 6.45) is 3.88. The molecule has 0 bridgehead atoms. The van der Waals surface area contributed by atoms with E-state index in [2.05, 4.69) is 34.2 Å². The zero-order chi connectivity index (χ0) is 14.5. The third-order valence-electron chi connectivity index (χ3n) is 3.84. The average molecular weight is 303 g/mol. The summed E-state index contributed by atoms with van der Waals surface area (Å²) in [5.41, 5.74) is 0.969. The summed E-state index contributed by atoms with van der Waals surface area (Å²) in [4.78, 5) is 0. The van der Waals surface area contributed by atoms with Crippen LogP contribution in [0, 0.1) is 0 Å². The zero-order valence-corrected chi connectivity index (χ0v) is 13.1. The molecule has 0 aliphatic heterocycles. The van der Waals surface area contributed by atoms with Crippen LogP contribution < -0.4 is 5.32 Å². The first-order valence-electron chi connectivity index (χ1n) is 7.59. The fourth-order valence-electron chi connectivity index (χ4n) is 2.81. The molecule has 5 heteroatoms. The largest absolute Gasteiger partial charge is 0.419 e. The Morgan fingerprint density at radius 1 is 1.24 bits per heavy atom. The highest BCUT2D eigenvalue weighted by atomic mass is 32.2. The maximum absolute atomic E-state index is 5.73. The van der Waals surface area contributed by atoms with Crippen LogP contribution in [0.3, 0.4) is 0 Å². The molecule has 21 heavy (non-hydrogen) atoms. The van der Waals surface area contributed by atoms with Crippen LogP contribution in [0.4, 0.5) is 0 Å². The molecule has 0 radical (unpaired) electrons. The first kappa shape index (κ1) is 14.6. The second-order valence-corrected chi connectivity index (χ2v) is 6.80. The fraction of sp³-hybridized carbons (Fsp3) is 0.500. The standard InChI is InChI=1S/C16H21N3OS/c1-2-21-14-10-6-9-13(14)17-11-15-18-19-16(20-15)12-7-4-3-5-8-12/h3-5,7-8,13-14,17H,2,6,9-11H2,1H3. The Balaban J connectivity index is 1.58. The number of rotatable bonds is 6. The van der Waals surface area contributed by atoms with Gasteiger partial charge in [0.15, 0.2) is 0 Å². The minimum atomic E-state index is 0.571. The lowest BCUT2D eigenvalue weighted by Gasteiger charge is -2.19. The van der Waals surface area contributed by atoms with Gasteiger partial charge in [0.05, 0.1) is 6.54 Å². The highest BCUT2D eigenvalue weighted by Crippen LogP contribution is 2.30. The highest BCUT2D eigenvalue weighted by molar-refractivity contribution is 7.99. The smallest absolute Gasteiger partial charge is 0.247 e. The average Bonchev–Trinajstić information content (AvgIpc) is 3.16. The maximum Gasteiger partial charge on any atom is 0.247 e. The molecule has 0 amide bonds. The molecule has 1 heterocycles. The molecule has 1 aromatic carbocycles. The van der Waals surface area contributed by atoms with Crippen LogP contribution in [0.5, 0.6) is 0 Å². The van der Waals surface area contributed by atoms with Crippen molar-refractivity contribution in [1.29, 1.82) is 0 Å². The molecule has 3 rings (SSSR count). The Morgan fingerprint density at radius 2 is 2.10 bits per heavy atom. The van der Waals surface area contributed by atoms with E-state index in [0.29, 0.717) is 24.4 Å². The van der Waals surface area contributed by atoms with Gasteiger partial charge in [0.1, 0.15) is 0 Å². The summed E-state index contributed by atoms with van der Waals surface area (Å²) in [5, 5.41) is 12.6. The highest BCUT2D eigenvalue weighted by Gasteiger charge is 2.27. The third kappa shape index (κ3) is 3.66. The summed E-state index contributed by atoms with van der Waals surface area (Å²) in [7, 11) is 0. The topological polar surface area (TPSA) is 51.0 Å². The molecular weight excluding hydrogens is 282 g/mol. The lowest BCUT2D eigenvalue weighted by atomic mass is 10.2. The Kier molecular flexibility index (Phi) is 4.93. The SMILES string of the molecule is CCSC1CCCC1NCc1nnc(-c2ccccc2)o1. The number of benzene rings is 1. The van der Waals surface area contributed by atoms with Crippen molar-refractivity contribution in [2.24, 2.45) is 0 Å². The fourth-order valence-corrected chi connectivity index (χ4v) is 4.04. The van der Waals surface area contributed by atoms with Crippen LogP contribution in [0.1, 0.15) is 32.1 Å². The van der Waals surface area contributed by atoms with Crippen molar-refractivity contribution in [1.82, 2.24) is 15.5 Å². The zero-order valence-electron chi connectivity index (χ0n) is 12.3. The maximum atomic E-state index is 5.73. The Bertz CT molecular complexity index is 558. The summed E-state index contributed by atoms with van der Waals surface area (Å²) in [5.74, 6) is 2.45. The monoisotopic (exact) mass is 303 g/mol. The minimum Gasteiger partial charge on any atom is -0.419 e. The van der Waals surface area contributed by atoms with E-state index in [1.807, 2.05) is 30.3 Å². The van der Waals surface area contributed by atoms with Gasteiger partial charge in [-0.1, -0.05) is 31.5 Å². The van der Waals surface area contributed by atoms with Crippen molar-refractivity contribution < 1.29 is 4.42 Å². The Morgan fingerprint density at radius 3 is 2.90 bits per heavy atom. The van der Waals surface area contributed by atoms with Gasteiger partial charge in [0.2, 0.25) is 11.8 Å². The van der Waals surface area contributed by atoms with Crippen molar-refractivity contribution in [3.05, 3.63) is 36.2 Å². The number of nitrogens with zero attached hydrogens (tertiary/aromatic N) is 2. The summed E-state index contributed by atoms with van der Waals surface area (Å²) < 4.78 is 5.73. The van der Waals surface area contributed by atoms with E-state index in [4.69, 9.17) is 4.42 Å². The number of nitrogens with one attached hydrogen (secondary N) is 1. The molecular formula is C16H21N3OS. The van der Waals surface area contributed by atoms with Crippen molar-refractivity contribution in [2.75, 3.05) is 5.75 Å². The second-order valence-electron chi connectivity index (χ2n) is 5.28. The van der Waals surface area contributed by atoms with Gasteiger partial charge in [0.25, 0.3) is 0 Å². The van der Waals surface area contributed by atoms with Gasteiger partial charge in [-0.05, 0) is 30.7 Å². The molecule has 2 unspecified atom stereocenters. The molecule has 4 nitrogen and oxygen atoms in total. The number of thioether (sulfide) groups is 1. The molecule has 1 aliphatic rings. The molecule has 1 aliphatic carbocycles. The first-order valence-corrected chi connectivity index (χ1v) is 8.64. The molecule has 0 spiro atoms. The van der Waals surface area contributed by atoms with Crippen LogP contribution in [-0.2, 0) is 6.54 Å². The first-order chi connectivity index (χ1) is 10.4. The van der Waals surface area contributed by atoms with E-state index in [1.165, 1.54) is 25.0 Å². The predicted octanol–water partition coefficient (Wildman–Crippen LogP) is 3.50. The van der Waals surface area contributed by atoms with Crippen LogP contribution >= 0.6 is 11.8 Å². The van der Waals surface area contributed by atoms with Crippen molar-refractivity contribution in [3.8, 4) is 11.5 Å². The predicted molar refractivity (Wildman–Crippen MR) is 86.1 cm³/mol. The molecule has 2 aromatic rings. The Labute approximate surface area is 129 Å². The van der Waals surface area contributed by atoms with Crippen molar-refractivity contribution >= 4 is 11.8 Å². The van der Waals surface area contributed by atoms with E-state index >= 15 is 0 Å². The van der Waals surface area contributed by atoms with Crippen LogP contribution in [0.2, 0.25) is 0 Å². The van der Waals surface area contributed by atoms with Crippen molar-refractivity contribution in [2.45, 2.75) is 44.0 Å². The lowest BCUT2D eigenvalue weighted by molar-refractivity contribution is 0.443. The van der Waals surface area contributed by atoms with Gasteiger partial charge in [-0.3, -0.25) is 0 Å². The van der Waals surface area contributed by atoms with Gasteiger partial charge in [-0.25, -0.2) is 0 Å². The molecule has 2 atom stereocenters. The van der Waals surface area contributed by atoms with Crippen LogP contribution in [0.25, 0.3) is 11.5 Å². The second kappa shape index (κ2) is 7.09. The minimum absolute atomic E-state index is 0.571. The van der Waals surface area contributed by atoms with Gasteiger partial charge in [0, 0.05) is 16.9 Å². The van der Waals surface area contributed by atoms with E-state index < -0.39 is 0 Å². The van der Waals surface area contributed by atoms with E-state index in [9.17, 15) is 0 Å². The Hall–Kier alpha value is -1.33. The third-order valence-corrected chi connectivity index (χ3v) is 5.16. The summed E-state index contributed by atoms with van der Waals surface area (Å²) in [6, 6.07) is 10.5. The quantitative estimate of drug-likeness (QED) is 0.885. The summed E-state index contributed by atoms with van der Waals surface area (Å²) in [6.45, 7) is 2.88. The van der Waals surface area contributed by atoms with E-state index in [0.717, 1.165) is 10.8 Å². The molecule has 1 aromatic heterocycles. The van der Waals surface area contributed by atoms with Gasteiger partial charge in [-0.15, -0.1) is 10.2 Å². The molecule has 1 saturated carbocycles.